The molecule has 174 valence electrons. The van der Waals surface area contributed by atoms with Crippen LogP contribution in [0.25, 0.3) is 0 Å². The Morgan fingerprint density at radius 3 is 2.55 bits per heavy atom. The molecule has 2 aliphatic rings. The largest absolute Gasteiger partial charge is 0.395 e. The smallest absolute Gasteiger partial charge is 0.254 e. The Balaban J connectivity index is 1.56. The van der Waals surface area contributed by atoms with Crippen molar-refractivity contribution in [3.8, 4) is 11.8 Å². The minimum atomic E-state index is -1.05. The van der Waals surface area contributed by atoms with Gasteiger partial charge in [-0.2, -0.15) is 0 Å². The lowest BCUT2D eigenvalue weighted by molar-refractivity contribution is -0.0606. The van der Waals surface area contributed by atoms with Crippen molar-refractivity contribution < 1.29 is 19.4 Å². The van der Waals surface area contributed by atoms with Crippen LogP contribution in [0.5, 0.6) is 0 Å². The van der Waals surface area contributed by atoms with Gasteiger partial charge in [0.05, 0.1) is 6.61 Å². The molecule has 3 atom stereocenters. The van der Waals surface area contributed by atoms with Gasteiger partial charge in [-0.3, -0.25) is 9.69 Å². The Kier molecular flexibility index (Phi) is 6.85. The van der Waals surface area contributed by atoms with Crippen LogP contribution >= 0.6 is 0 Å². The van der Waals surface area contributed by atoms with Crippen molar-refractivity contribution in [3.63, 3.8) is 0 Å². The van der Waals surface area contributed by atoms with E-state index in [0.29, 0.717) is 18.7 Å². The summed E-state index contributed by atoms with van der Waals surface area (Å²) in [5.74, 6) is 5.33. The van der Waals surface area contributed by atoms with Crippen LogP contribution < -0.4 is 0 Å². The lowest BCUT2D eigenvalue weighted by atomic mass is 9.74. The molecule has 0 saturated carbocycles. The quantitative estimate of drug-likeness (QED) is 0.706. The number of halogens is 1. The van der Waals surface area contributed by atoms with E-state index in [9.17, 15) is 19.4 Å². The lowest BCUT2D eigenvalue weighted by Crippen LogP contribution is -2.67. The predicted molar refractivity (Wildman–Crippen MR) is 125 cm³/mol. The Bertz CT molecular complexity index is 1050. The normalized spacial score (nSPS) is 23.4. The van der Waals surface area contributed by atoms with Gasteiger partial charge >= 0.3 is 0 Å². The zero-order chi connectivity index (χ0) is 23.6. The standard InChI is InChI=1S/C27H31FN2O3/c1-27(2,33)13-12-19-8-10-20(11-9-19)25-23-17-29(14-3-4-15-30(23)24(25)18-31)26(32)21-6-5-7-22(28)16-21/h5-11,16,23-25,31,33H,3-4,14-15,17-18H2,1-2H3/t23-,24-,25-/m0/s1. The summed E-state index contributed by atoms with van der Waals surface area (Å²) in [5.41, 5.74) is 1.23. The van der Waals surface area contributed by atoms with E-state index in [1.807, 2.05) is 29.2 Å². The van der Waals surface area contributed by atoms with Gasteiger partial charge in [-0.1, -0.05) is 30.0 Å². The van der Waals surface area contributed by atoms with Gasteiger partial charge in [0, 0.05) is 42.2 Å². The molecule has 2 heterocycles. The van der Waals surface area contributed by atoms with Crippen LogP contribution in [0.15, 0.2) is 48.5 Å². The van der Waals surface area contributed by atoms with Crippen LogP contribution in [-0.4, -0.2) is 69.8 Å². The van der Waals surface area contributed by atoms with E-state index < -0.39 is 11.4 Å². The number of benzene rings is 2. The number of fused-ring (bicyclic) bond motifs is 1. The Hall–Kier alpha value is -2.72. The minimum absolute atomic E-state index is 0.00697. The summed E-state index contributed by atoms with van der Waals surface area (Å²) in [6, 6.07) is 13.9. The highest BCUT2D eigenvalue weighted by molar-refractivity contribution is 5.94. The highest BCUT2D eigenvalue weighted by atomic mass is 19.1. The second kappa shape index (κ2) is 9.64. The molecule has 0 bridgehead atoms. The van der Waals surface area contributed by atoms with Crippen LogP contribution in [0, 0.1) is 17.7 Å². The summed E-state index contributed by atoms with van der Waals surface area (Å²) in [6.07, 6.45) is 1.82. The average molecular weight is 451 g/mol. The third-order valence-corrected chi connectivity index (χ3v) is 6.54. The van der Waals surface area contributed by atoms with Gasteiger partial charge in [0.1, 0.15) is 11.4 Å². The number of hydrogen-bond donors (Lipinski definition) is 2. The first-order chi connectivity index (χ1) is 15.8. The number of carbonyl (C=O) groups excluding carboxylic acids is 1. The van der Waals surface area contributed by atoms with Crippen molar-refractivity contribution >= 4 is 5.91 Å². The topological polar surface area (TPSA) is 64.0 Å². The summed E-state index contributed by atoms with van der Waals surface area (Å²) in [5, 5.41) is 19.9. The number of aliphatic hydroxyl groups excluding tert-OH is 1. The van der Waals surface area contributed by atoms with E-state index in [0.717, 1.165) is 30.5 Å². The van der Waals surface area contributed by atoms with Gasteiger partial charge in [0.15, 0.2) is 0 Å². The van der Waals surface area contributed by atoms with Crippen molar-refractivity contribution in [1.82, 2.24) is 9.80 Å². The van der Waals surface area contributed by atoms with Crippen molar-refractivity contribution in [2.24, 2.45) is 0 Å². The van der Waals surface area contributed by atoms with E-state index in [2.05, 4.69) is 16.7 Å². The third kappa shape index (κ3) is 5.27. The molecule has 5 nitrogen and oxygen atoms in total. The van der Waals surface area contributed by atoms with Crippen molar-refractivity contribution in [3.05, 3.63) is 71.0 Å². The molecule has 4 rings (SSSR count). The molecule has 0 aromatic heterocycles. The number of hydrogen-bond acceptors (Lipinski definition) is 4. The maximum atomic E-state index is 13.7. The summed E-state index contributed by atoms with van der Waals surface area (Å²) >= 11 is 0. The Labute approximate surface area is 194 Å². The molecule has 0 aliphatic carbocycles. The van der Waals surface area contributed by atoms with E-state index in [4.69, 9.17) is 0 Å². The fourth-order valence-electron chi connectivity index (χ4n) is 4.94. The lowest BCUT2D eigenvalue weighted by Gasteiger charge is -2.57. The first-order valence-corrected chi connectivity index (χ1v) is 11.5. The Morgan fingerprint density at radius 2 is 1.88 bits per heavy atom. The highest BCUT2D eigenvalue weighted by Crippen LogP contribution is 2.42. The molecule has 2 aromatic carbocycles. The van der Waals surface area contributed by atoms with E-state index in [1.165, 1.54) is 12.1 Å². The van der Waals surface area contributed by atoms with Gasteiger partial charge < -0.3 is 15.1 Å². The zero-order valence-electron chi connectivity index (χ0n) is 19.2. The predicted octanol–water partition coefficient (Wildman–Crippen LogP) is 3.01. The van der Waals surface area contributed by atoms with Crippen LogP contribution in [-0.2, 0) is 0 Å². The number of amides is 1. The maximum absolute atomic E-state index is 13.7. The summed E-state index contributed by atoms with van der Waals surface area (Å²) in [6.45, 7) is 5.42. The van der Waals surface area contributed by atoms with Crippen molar-refractivity contribution in [2.45, 2.75) is 50.3 Å². The Morgan fingerprint density at radius 1 is 1.15 bits per heavy atom. The molecule has 2 aromatic rings. The fourth-order valence-corrected chi connectivity index (χ4v) is 4.94. The molecular weight excluding hydrogens is 419 g/mol. The summed E-state index contributed by atoms with van der Waals surface area (Å²) < 4.78 is 13.7. The number of nitrogens with zero attached hydrogens (tertiary/aromatic N) is 2. The first-order valence-electron chi connectivity index (χ1n) is 11.5. The molecule has 2 fully saturated rings. The molecule has 0 unspecified atom stereocenters. The fraction of sp³-hybridized carbons (Fsp3) is 0.444. The molecule has 6 heteroatoms. The molecule has 33 heavy (non-hydrogen) atoms. The summed E-state index contributed by atoms with van der Waals surface area (Å²) in [7, 11) is 0. The van der Waals surface area contributed by atoms with Crippen molar-refractivity contribution in [1.29, 1.82) is 0 Å². The van der Waals surface area contributed by atoms with Gasteiger partial charge in [0.25, 0.3) is 5.91 Å². The zero-order valence-corrected chi connectivity index (χ0v) is 19.2. The molecule has 2 N–H and O–H groups in total. The molecular formula is C27H31FN2O3. The van der Waals surface area contributed by atoms with Crippen LogP contribution in [0.2, 0.25) is 0 Å². The number of rotatable bonds is 3. The van der Waals surface area contributed by atoms with Gasteiger partial charge in [-0.25, -0.2) is 4.39 Å². The monoisotopic (exact) mass is 450 g/mol. The van der Waals surface area contributed by atoms with Gasteiger partial charge in [-0.15, -0.1) is 0 Å². The second-order valence-corrected chi connectivity index (χ2v) is 9.48. The first kappa shape index (κ1) is 23.4. The van der Waals surface area contributed by atoms with Crippen LogP contribution in [0.4, 0.5) is 4.39 Å². The van der Waals surface area contributed by atoms with E-state index in [1.54, 1.807) is 26.0 Å². The average Bonchev–Trinajstić information content (AvgIpc) is 2.76. The van der Waals surface area contributed by atoms with E-state index in [-0.39, 0.29) is 30.5 Å². The minimum Gasteiger partial charge on any atom is -0.395 e. The molecule has 2 saturated heterocycles. The van der Waals surface area contributed by atoms with E-state index >= 15 is 0 Å². The molecule has 0 spiro atoms. The molecule has 2 aliphatic heterocycles. The SMILES string of the molecule is CC(C)(O)C#Cc1ccc([C@@H]2[C@H](CO)N3CCCCN(C(=O)c4cccc(F)c4)C[C@@H]23)cc1. The number of carbonyl (C=O) groups is 1. The maximum Gasteiger partial charge on any atom is 0.254 e. The number of aliphatic hydroxyl groups is 2. The van der Waals surface area contributed by atoms with Gasteiger partial charge in [-0.05, 0) is 69.1 Å². The molecule has 0 radical (unpaired) electrons. The van der Waals surface area contributed by atoms with Crippen molar-refractivity contribution in [2.75, 3.05) is 26.2 Å². The summed E-state index contributed by atoms with van der Waals surface area (Å²) in [4.78, 5) is 17.3. The second-order valence-electron chi connectivity index (χ2n) is 9.48. The third-order valence-electron chi connectivity index (χ3n) is 6.54. The highest BCUT2D eigenvalue weighted by Gasteiger charge is 2.49. The van der Waals surface area contributed by atoms with Crippen LogP contribution in [0.1, 0.15) is 54.1 Å². The molecule has 1 amide bonds. The van der Waals surface area contributed by atoms with Gasteiger partial charge in [0.2, 0.25) is 0 Å². The van der Waals surface area contributed by atoms with Crippen LogP contribution in [0.3, 0.4) is 0 Å².